The van der Waals surface area contributed by atoms with E-state index in [-0.39, 0.29) is 18.1 Å². The molecule has 1 heterocycles. The molecule has 0 spiro atoms. The van der Waals surface area contributed by atoms with Crippen LogP contribution in [0.1, 0.15) is 12.5 Å². The molecule has 1 aliphatic rings. The topological polar surface area (TPSA) is 41.6 Å². The molecule has 2 atom stereocenters. The molecule has 0 saturated carbocycles. The lowest BCUT2D eigenvalue weighted by molar-refractivity contribution is -0.119. The highest BCUT2D eigenvalue weighted by molar-refractivity contribution is 5.73. The molecule has 0 bridgehead atoms. The lowest BCUT2D eigenvalue weighted by Crippen LogP contribution is -2.39. The maximum Gasteiger partial charge on any atom is 0.217 e. The van der Waals surface area contributed by atoms with E-state index in [1.54, 1.807) is 0 Å². The van der Waals surface area contributed by atoms with E-state index in [4.69, 9.17) is 4.74 Å². The van der Waals surface area contributed by atoms with Crippen molar-refractivity contribution in [1.29, 1.82) is 0 Å². The average molecular weight is 241 g/mol. The molecule has 1 aliphatic heterocycles. The van der Waals surface area contributed by atoms with Gasteiger partial charge >= 0.3 is 0 Å². The number of nitrogens with one attached hydrogen (secondary N) is 1. The van der Waals surface area contributed by atoms with Gasteiger partial charge < -0.3 is 10.1 Å². The quantitative estimate of drug-likeness (QED) is 0.810. The second kappa shape index (κ2) is 4.79. The fourth-order valence-electron chi connectivity index (χ4n) is 1.81. The Balaban J connectivity index is 2.08. The molecule has 0 aliphatic carbocycles. The molecule has 17 heavy (non-hydrogen) atoms. The van der Waals surface area contributed by atoms with Crippen LogP contribution < -0.4 is 5.32 Å². The highest BCUT2D eigenvalue weighted by atomic mass is 19.1. The van der Waals surface area contributed by atoms with Gasteiger partial charge in [0.15, 0.2) is 0 Å². The van der Waals surface area contributed by atoms with E-state index in [9.17, 15) is 13.6 Å². The number of hydrogen-bond acceptors (Lipinski definition) is 2. The summed E-state index contributed by atoms with van der Waals surface area (Å²) in [6, 6.07) is 3.12. The molecule has 1 N–H and O–H groups in total. The molecule has 2 rings (SSSR count). The van der Waals surface area contributed by atoms with Crippen molar-refractivity contribution in [2.45, 2.75) is 25.5 Å². The Labute approximate surface area is 97.8 Å². The Morgan fingerprint density at radius 2 is 2.06 bits per heavy atom. The fourth-order valence-corrected chi connectivity index (χ4v) is 1.81. The first-order valence-electron chi connectivity index (χ1n) is 5.38. The summed E-state index contributed by atoms with van der Waals surface area (Å²) in [5.74, 6) is -1.40. The summed E-state index contributed by atoms with van der Waals surface area (Å²) in [7, 11) is 0. The van der Waals surface area contributed by atoms with Crippen molar-refractivity contribution in [2.75, 3.05) is 6.61 Å². The number of benzene rings is 1. The van der Waals surface area contributed by atoms with Gasteiger partial charge in [-0.25, -0.2) is 8.78 Å². The standard InChI is InChI=1S/C12H13F2NO2/c1-7(16)15-11(12-6-17-12)4-8-2-9(13)5-10(14)3-8/h2-3,5,11-12H,4,6H2,1H3,(H,15,16)/t11-,12?/m0/s1. The van der Waals surface area contributed by atoms with Crippen LogP contribution in [0.4, 0.5) is 8.78 Å². The molecular weight excluding hydrogens is 228 g/mol. The van der Waals surface area contributed by atoms with E-state index in [2.05, 4.69) is 5.32 Å². The van der Waals surface area contributed by atoms with Gasteiger partial charge in [0.1, 0.15) is 17.7 Å². The number of epoxide rings is 1. The summed E-state index contributed by atoms with van der Waals surface area (Å²) in [6.07, 6.45) is 0.309. The van der Waals surface area contributed by atoms with Gasteiger partial charge in [-0.15, -0.1) is 0 Å². The van der Waals surface area contributed by atoms with Gasteiger partial charge in [-0.3, -0.25) is 4.79 Å². The second-order valence-electron chi connectivity index (χ2n) is 4.16. The lowest BCUT2D eigenvalue weighted by Gasteiger charge is -2.15. The molecule has 1 amide bonds. The SMILES string of the molecule is CC(=O)N[C@@H](Cc1cc(F)cc(F)c1)C1CO1. The van der Waals surface area contributed by atoms with Crippen LogP contribution in [-0.2, 0) is 16.0 Å². The third-order valence-electron chi connectivity index (χ3n) is 2.57. The molecule has 92 valence electrons. The van der Waals surface area contributed by atoms with Crippen LogP contribution in [0.5, 0.6) is 0 Å². The second-order valence-corrected chi connectivity index (χ2v) is 4.16. The predicted octanol–water partition coefficient (Wildman–Crippen LogP) is 1.41. The molecule has 1 unspecified atom stereocenters. The molecule has 1 aromatic rings. The highest BCUT2D eigenvalue weighted by Gasteiger charge is 2.33. The zero-order valence-electron chi connectivity index (χ0n) is 9.37. The first kappa shape index (κ1) is 12.0. The number of ether oxygens (including phenoxy) is 1. The first-order valence-corrected chi connectivity index (χ1v) is 5.38. The number of halogens is 2. The van der Waals surface area contributed by atoms with Crippen molar-refractivity contribution in [3.05, 3.63) is 35.4 Å². The summed E-state index contributed by atoms with van der Waals surface area (Å²) >= 11 is 0. The maximum absolute atomic E-state index is 13.0. The van der Waals surface area contributed by atoms with Crippen molar-refractivity contribution >= 4 is 5.91 Å². The van der Waals surface area contributed by atoms with Crippen molar-refractivity contribution in [3.63, 3.8) is 0 Å². The number of carbonyl (C=O) groups excluding carboxylic acids is 1. The summed E-state index contributed by atoms with van der Waals surface area (Å²) in [5.41, 5.74) is 0.511. The van der Waals surface area contributed by atoms with Gasteiger partial charge in [-0.2, -0.15) is 0 Å². The number of amides is 1. The summed E-state index contributed by atoms with van der Waals surface area (Å²) < 4.78 is 31.1. The van der Waals surface area contributed by atoms with E-state index in [1.807, 2.05) is 0 Å². The predicted molar refractivity (Wildman–Crippen MR) is 57.4 cm³/mol. The van der Waals surface area contributed by atoms with Crippen LogP contribution in [0.2, 0.25) is 0 Å². The summed E-state index contributed by atoms with van der Waals surface area (Å²) in [5, 5.41) is 2.72. The van der Waals surface area contributed by atoms with Crippen LogP contribution in [0.3, 0.4) is 0 Å². The van der Waals surface area contributed by atoms with E-state index in [0.717, 1.165) is 6.07 Å². The molecular formula is C12H13F2NO2. The number of hydrogen-bond donors (Lipinski definition) is 1. The maximum atomic E-state index is 13.0. The lowest BCUT2D eigenvalue weighted by atomic mass is 10.0. The molecule has 1 saturated heterocycles. The van der Waals surface area contributed by atoms with E-state index < -0.39 is 11.6 Å². The minimum Gasteiger partial charge on any atom is -0.371 e. The molecule has 3 nitrogen and oxygen atoms in total. The zero-order valence-corrected chi connectivity index (χ0v) is 9.37. The van der Waals surface area contributed by atoms with Crippen molar-refractivity contribution in [1.82, 2.24) is 5.32 Å². The monoisotopic (exact) mass is 241 g/mol. The van der Waals surface area contributed by atoms with Gasteiger partial charge in [-0.1, -0.05) is 0 Å². The minimum absolute atomic E-state index is 0.0507. The Morgan fingerprint density at radius 3 is 2.53 bits per heavy atom. The van der Waals surface area contributed by atoms with Crippen LogP contribution in [0.15, 0.2) is 18.2 Å². The first-order chi connectivity index (χ1) is 8.04. The summed E-state index contributed by atoms with van der Waals surface area (Å²) in [4.78, 5) is 11.0. The number of carbonyl (C=O) groups is 1. The fraction of sp³-hybridized carbons (Fsp3) is 0.417. The van der Waals surface area contributed by atoms with Crippen molar-refractivity contribution in [2.24, 2.45) is 0 Å². The zero-order chi connectivity index (χ0) is 12.4. The third kappa shape index (κ3) is 3.49. The van der Waals surface area contributed by atoms with Gasteiger partial charge in [0.05, 0.1) is 12.6 Å². The van der Waals surface area contributed by atoms with Crippen LogP contribution in [-0.4, -0.2) is 24.7 Å². The molecule has 0 aromatic heterocycles. The Bertz CT molecular complexity index is 412. The van der Waals surface area contributed by atoms with Gasteiger partial charge in [0.25, 0.3) is 0 Å². The normalized spacial score (nSPS) is 19.8. The highest BCUT2D eigenvalue weighted by Crippen LogP contribution is 2.19. The molecule has 5 heteroatoms. The largest absolute Gasteiger partial charge is 0.371 e. The van der Waals surface area contributed by atoms with Crippen LogP contribution >= 0.6 is 0 Å². The average Bonchev–Trinajstić information content (AvgIpc) is 2.96. The van der Waals surface area contributed by atoms with Gasteiger partial charge in [0, 0.05) is 13.0 Å². The van der Waals surface area contributed by atoms with Gasteiger partial charge in [0.2, 0.25) is 5.91 Å². The number of rotatable bonds is 4. The van der Waals surface area contributed by atoms with E-state index >= 15 is 0 Å². The van der Waals surface area contributed by atoms with Crippen molar-refractivity contribution < 1.29 is 18.3 Å². The molecule has 1 fully saturated rings. The minimum atomic E-state index is -0.613. The Hall–Kier alpha value is -1.49. The van der Waals surface area contributed by atoms with E-state index in [0.29, 0.717) is 18.6 Å². The smallest absolute Gasteiger partial charge is 0.217 e. The van der Waals surface area contributed by atoms with E-state index in [1.165, 1.54) is 19.1 Å². The molecule has 1 aromatic carbocycles. The molecule has 0 radical (unpaired) electrons. The Kier molecular flexibility index (Phi) is 3.38. The van der Waals surface area contributed by atoms with Gasteiger partial charge in [-0.05, 0) is 24.1 Å². The van der Waals surface area contributed by atoms with Crippen molar-refractivity contribution in [3.8, 4) is 0 Å². The van der Waals surface area contributed by atoms with Crippen LogP contribution in [0, 0.1) is 11.6 Å². The van der Waals surface area contributed by atoms with Crippen LogP contribution in [0.25, 0.3) is 0 Å². The third-order valence-corrected chi connectivity index (χ3v) is 2.57. The summed E-state index contributed by atoms with van der Waals surface area (Å²) in [6.45, 7) is 1.98. The Morgan fingerprint density at radius 1 is 1.47 bits per heavy atom.